The number of amides is 2. The first-order valence-corrected chi connectivity index (χ1v) is 8.25. The van der Waals surface area contributed by atoms with E-state index in [0.717, 1.165) is 5.69 Å². The smallest absolute Gasteiger partial charge is 0.405 e. The Morgan fingerprint density at radius 3 is 2.84 bits per heavy atom. The van der Waals surface area contributed by atoms with Crippen molar-refractivity contribution >= 4 is 40.8 Å². The van der Waals surface area contributed by atoms with Gasteiger partial charge in [0, 0.05) is 33.3 Å². The van der Waals surface area contributed by atoms with Crippen LogP contribution in [0.4, 0.5) is 16.2 Å². The molecule has 134 valence electrons. The molecule has 1 saturated heterocycles. The zero-order valence-corrected chi connectivity index (χ0v) is 15.2. The van der Waals surface area contributed by atoms with E-state index in [1.165, 1.54) is 6.92 Å². The molecule has 1 aromatic heterocycles. The molecule has 25 heavy (non-hydrogen) atoms. The van der Waals surface area contributed by atoms with Gasteiger partial charge in [0.2, 0.25) is 5.91 Å². The molecule has 0 spiro atoms. The number of aliphatic imine (C=N–C) groups is 1. The highest BCUT2D eigenvalue weighted by Gasteiger charge is 2.39. The SMILES string of the molecule is CC(=O)N(C)C1C(C)CN(c2ccncc2N=C=S)CC1NC(=O)O. The summed E-state index contributed by atoms with van der Waals surface area (Å²) >= 11 is 4.68. The van der Waals surface area contributed by atoms with Crippen molar-refractivity contribution in [3.05, 3.63) is 18.5 Å². The van der Waals surface area contributed by atoms with Crippen LogP contribution in [0.3, 0.4) is 0 Å². The number of isothiocyanates is 1. The number of carbonyl (C=O) groups is 2. The first-order chi connectivity index (χ1) is 11.8. The third kappa shape index (κ3) is 4.32. The van der Waals surface area contributed by atoms with Gasteiger partial charge in [0.1, 0.15) is 5.69 Å². The normalized spacial score (nSPS) is 22.7. The van der Waals surface area contributed by atoms with Crippen molar-refractivity contribution in [1.82, 2.24) is 15.2 Å². The molecule has 0 radical (unpaired) electrons. The van der Waals surface area contributed by atoms with Crippen molar-refractivity contribution in [3.8, 4) is 0 Å². The molecule has 1 aliphatic heterocycles. The topological polar surface area (TPSA) is 98.1 Å². The second-order valence-corrected chi connectivity index (χ2v) is 6.31. The van der Waals surface area contributed by atoms with E-state index < -0.39 is 12.1 Å². The number of hydrogen-bond acceptors (Lipinski definition) is 6. The third-order valence-corrected chi connectivity index (χ3v) is 4.55. The minimum atomic E-state index is -1.12. The highest BCUT2D eigenvalue weighted by molar-refractivity contribution is 7.78. The van der Waals surface area contributed by atoms with E-state index in [1.807, 2.05) is 17.9 Å². The Kier molecular flexibility index (Phi) is 6.06. The molecule has 2 heterocycles. The molecule has 2 amide bonds. The van der Waals surface area contributed by atoms with Crippen molar-refractivity contribution < 1.29 is 14.7 Å². The quantitative estimate of drug-likeness (QED) is 0.625. The Bertz CT molecular complexity index is 707. The zero-order valence-electron chi connectivity index (χ0n) is 14.3. The Balaban J connectivity index is 2.35. The molecule has 1 aliphatic rings. The third-order valence-electron chi connectivity index (χ3n) is 4.46. The van der Waals surface area contributed by atoms with Crippen molar-refractivity contribution in [2.45, 2.75) is 25.9 Å². The lowest BCUT2D eigenvalue weighted by atomic mass is 9.88. The predicted octanol–water partition coefficient (Wildman–Crippen LogP) is 1.76. The van der Waals surface area contributed by atoms with Gasteiger partial charge in [-0.15, -0.1) is 0 Å². The summed E-state index contributed by atoms with van der Waals surface area (Å²) in [5.74, 6) is -0.0608. The molecule has 0 aliphatic carbocycles. The Labute approximate surface area is 151 Å². The largest absolute Gasteiger partial charge is 0.465 e. The van der Waals surface area contributed by atoms with Crippen molar-refractivity contribution in [1.29, 1.82) is 0 Å². The van der Waals surface area contributed by atoms with Crippen LogP contribution in [0.5, 0.6) is 0 Å². The van der Waals surface area contributed by atoms with E-state index in [2.05, 4.69) is 32.7 Å². The lowest BCUT2D eigenvalue weighted by Crippen LogP contribution is -2.64. The van der Waals surface area contributed by atoms with Crippen molar-refractivity contribution in [2.24, 2.45) is 10.9 Å². The van der Waals surface area contributed by atoms with Crippen LogP contribution in [0.25, 0.3) is 0 Å². The monoisotopic (exact) mass is 363 g/mol. The number of piperidine rings is 1. The summed E-state index contributed by atoms with van der Waals surface area (Å²) in [5.41, 5.74) is 1.39. The van der Waals surface area contributed by atoms with Gasteiger partial charge in [-0.05, 0) is 24.2 Å². The fourth-order valence-corrected chi connectivity index (χ4v) is 3.50. The second-order valence-electron chi connectivity index (χ2n) is 6.13. The van der Waals surface area contributed by atoms with Gasteiger partial charge in [-0.2, -0.15) is 4.99 Å². The lowest BCUT2D eigenvalue weighted by Gasteiger charge is -2.46. The van der Waals surface area contributed by atoms with Gasteiger partial charge in [0.15, 0.2) is 0 Å². The molecular formula is C16H21N5O3S. The van der Waals surface area contributed by atoms with E-state index in [4.69, 9.17) is 0 Å². The van der Waals surface area contributed by atoms with Crippen LogP contribution in [0.1, 0.15) is 13.8 Å². The Morgan fingerprint density at radius 2 is 2.24 bits per heavy atom. The first-order valence-electron chi connectivity index (χ1n) is 7.84. The Hall–Kier alpha value is -2.51. The number of nitrogens with zero attached hydrogens (tertiary/aromatic N) is 4. The maximum atomic E-state index is 11.8. The number of anilines is 1. The average Bonchev–Trinajstić information content (AvgIpc) is 2.54. The standard InChI is InChI=1S/C16H21N5O3S/c1-10-7-21(14-4-5-17-6-12(14)18-9-25)8-13(19-16(23)24)15(10)20(3)11(2)22/h4-6,10,13,15,19H,7-8H2,1-3H3,(H,23,24). The van der Waals surface area contributed by atoms with Crippen LogP contribution in [0.2, 0.25) is 0 Å². The van der Waals surface area contributed by atoms with Gasteiger partial charge in [-0.1, -0.05) is 6.92 Å². The van der Waals surface area contributed by atoms with E-state index in [-0.39, 0.29) is 17.9 Å². The molecule has 0 saturated carbocycles. The number of carbonyl (C=O) groups excluding carboxylic acids is 1. The van der Waals surface area contributed by atoms with E-state index in [0.29, 0.717) is 18.8 Å². The summed E-state index contributed by atoms with van der Waals surface area (Å²) in [5, 5.41) is 14.1. The van der Waals surface area contributed by atoms with Gasteiger partial charge < -0.3 is 20.2 Å². The first kappa shape index (κ1) is 18.8. The fraction of sp³-hybridized carbons (Fsp3) is 0.500. The molecule has 3 atom stereocenters. The number of thiocarbonyl (C=S) groups is 1. The highest BCUT2D eigenvalue weighted by atomic mass is 32.1. The number of nitrogens with one attached hydrogen (secondary N) is 1. The Morgan fingerprint density at radius 1 is 1.52 bits per heavy atom. The molecule has 2 rings (SSSR count). The molecule has 1 fully saturated rings. The van der Waals surface area contributed by atoms with Gasteiger partial charge in [0.05, 0.1) is 29.1 Å². The van der Waals surface area contributed by atoms with E-state index >= 15 is 0 Å². The number of pyridine rings is 1. The number of hydrogen-bond donors (Lipinski definition) is 2. The van der Waals surface area contributed by atoms with Crippen LogP contribution in [0.15, 0.2) is 23.5 Å². The lowest BCUT2D eigenvalue weighted by molar-refractivity contribution is -0.131. The zero-order chi connectivity index (χ0) is 18.6. The molecule has 0 bridgehead atoms. The number of aromatic nitrogens is 1. The minimum Gasteiger partial charge on any atom is -0.465 e. The molecule has 2 N–H and O–H groups in total. The van der Waals surface area contributed by atoms with E-state index in [1.54, 1.807) is 24.3 Å². The van der Waals surface area contributed by atoms with Gasteiger partial charge in [-0.3, -0.25) is 9.78 Å². The van der Waals surface area contributed by atoms with Crippen LogP contribution >= 0.6 is 12.2 Å². The average molecular weight is 363 g/mol. The number of rotatable bonds is 4. The maximum Gasteiger partial charge on any atom is 0.405 e. The summed E-state index contributed by atoms with van der Waals surface area (Å²) < 4.78 is 0. The summed E-state index contributed by atoms with van der Waals surface area (Å²) in [6.45, 7) is 4.52. The van der Waals surface area contributed by atoms with Gasteiger partial charge in [-0.25, -0.2) is 4.79 Å². The van der Waals surface area contributed by atoms with Crippen LogP contribution in [-0.2, 0) is 4.79 Å². The molecule has 3 unspecified atom stereocenters. The highest BCUT2D eigenvalue weighted by Crippen LogP contribution is 2.32. The number of carboxylic acid groups (broad SMARTS) is 1. The van der Waals surface area contributed by atoms with Crippen LogP contribution in [-0.4, -0.2) is 64.4 Å². The molecule has 1 aromatic rings. The van der Waals surface area contributed by atoms with Gasteiger partial charge in [0.25, 0.3) is 0 Å². The summed E-state index contributed by atoms with van der Waals surface area (Å²) in [4.78, 5) is 34.8. The molecular weight excluding hydrogens is 342 g/mol. The van der Waals surface area contributed by atoms with E-state index in [9.17, 15) is 14.7 Å². The van der Waals surface area contributed by atoms with Crippen LogP contribution in [0, 0.1) is 5.92 Å². The maximum absolute atomic E-state index is 11.8. The molecule has 8 nitrogen and oxygen atoms in total. The fourth-order valence-electron chi connectivity index (χ4n) is 3.40. The summed E-state index contributed by atoms with van der Waals surface area (Å²) in [6, 6.07) is 1.14. The second kappa shape index (κ2) is 8.04. The predicted molar refractivity (Wildman–Crippen MR) is 97.5 cm³/mol. The van der Waals surface area contributed by atoms with Crippen molar-refractivity contribution in [2.75, 3.05) is 25.0 Å². The molecule has 9 heteroatoms. The minimum absolute atomic E-state index is 0.0389. The molecule has 0 aromatic carbocycles. The van der Waals surface area contributed by atoms with Crippen LogP contribution < -0.4 is 10.2 Å². The van der Waals surface area contributed by atoms with Gasteiger partial charge >= 0.3 is 6.09 Å². The summed E-state index contributed by atoms with van der Waals surface area (Å²) in [7, 11) is 1.70. The van der Waals surface area contributed by atoms with Crippen molar-refractivity contribution in [3.63, 3.8) is 0 Å². The number of likely N-dealkylation sites (N-methyl/N-ethyl adjacent to an activating group) is 1. The summed E-state index contributed by atoms with van der Waals surface area (Å²) in [6.07, 6.45) is 2.12.